The molecule has 1 saturated heterocycles. The molecule has 6 nitrogen and oxygen atoms in total. The molecule has 0 aliphatic carbocycles. The summed E-state index contributed by atoms with van der Waals surface area (Å²) in [7, 11) is 1.55. The number of rotatable bonds is 6. The number of benzene rings is 1. The Morgan fingerprint density at radius 1 is 1.40 bits per heavy atom. The predicted octanol–water partition coefficient (Wildman–Crippen LogP) is 2.55. The molecule has 0 radical (unpaired) electrons. The Morgan fingerprint density at radius 3 is 2.80 bits per heavy atom. The number of carbonyl (C=O) groups is 2. The van der Waals surface area contributed by atoms with E-state index in [1.54, 1.807) is 20.1 Å². The second kappa shape index (κ2) is 7.27. The number of hydrogen-bond acceptors (Lipinski definition) is 5. The number of Topliss-reactive ketones (excluding diaryl/α,β-unsaturated/α-hetero) is 1. The number of hydrogen-bond donors (Lipinski definition) is 1. The Kier molecular flexibility index (Phi) is 5.08. The second-order valence-electron chi connectivity index (χ2n) is 6.28. The van der Waals surface area contributed by atoms with Gasteiger partial charge in [0, 0.05) is 25.1 Å². The van der Waals surface area contributed by atoms with Gasteiger partial charge in [-0.05, 0) is 18.9 Å². The number of carbonyl (C=O) groups excluding carboxylic acids is 2. The highest BCUT2D eigenvalue weighted by atomic mass is 16.5. The van der Waals surface area contributed by atoms with Crippen LogP contribution in [-0.2, 0) is 14.3 Å². The molecule has 0 aromatic heterocycles. The molecule has 6 heteroatoms. The lowest BCUT2D eigenvalue weighted by molar-refractivity contribution is -0.131. The summed E-state index contributed by atoms with van der Waals surface area (Å²) in [5.41, 5.74) is 0.840. The SMILES string of the molecule is CCC(=O)C1=C(O)C(=O)N(CC2CCCO2)C1c1ccccc1OC. The molecule has 2 aliphatic heterocycles. The van der Waals surface area contributed by atoms with Crippen molar-refractivity contribution in [3.05, 3.63) is 41.2 Å². The van der Waals surface area contributed by atoms with Crippen LogP contribution in [0, 0.1) is 0 Å². The fourth-order valence-electron chi connectivity index (χ4n) is 3.54. The molecule has 25 heavy (non-hydrogen) atoms. The van der Waals surface area contributed by atoms with Crippen LogP contribution in [-0.4, -0.2) is 48.1 Å². The Balaban J connectivity index is 2.05. The van der Waals surface area contributed by atoms with Gasteiger partial charge in [0.15, 0.2) is 11.5 Å². The maximum atomic E-state index is 12.7. The minimum atomic E-state index is -0.653. The van der Waals surface area contributed by atoms with Crippen molar-refractivity contribution >= 4 is 11.7 Å². The molecule has 0 bridgehead atoms. The molecule has 2 aliphatic rings. The van der Waals surface area contributed by atoms with E-state index in [0.717, 1.165) is 12.8 Å². The van der Waals surface area contributed by atoms with Crippen molar-refractivity contribution in [2.75, 3.05) is 20.3 Å². The van der Waals surface area contributed by atoms with Crippen molar-refractivity contribution in [2.24, 2.45) is 0 Å². The zero-order valence-corrected chi connectivity index (χ0v) is 14.5. The highest BCUT2D eigenvalue weighted by Gasteiger charge is 2.45. The zero-order valence-electron chi connectivity index (χ0n) is 14.5. The lowest BCUT2D eigenvalue weighted by Crippen LogP contribution is -2.37. The van der Waals surface area contributed by atoms with Gasteiger partial charge < -0.3 is 19.5 Å². The van der Waals surface area contributed by atoms with Gasteiger partial charge in [-0.3, -0.25) is 9.59 Å². The molecule has 2 heterocycles. The van der Waals surface area contributed by atoms with Crippen LogP contribution in [0.4, 0.5) is 0 Å². The van der Waals surface area contributed by atoms with Gasteiger partial charge in [-0.1, -0.05) is 25.1 Å². The fourth-order valence-corrected chi connectivity index (χ4v) is 3.54. The summed E-state index contributed by atoms with van der Waals surface area (Å²) in [5, 5.41) is 10.4. The molecule has 2 atom stereocenters. The van der Waals surface area contributed by atoms with Gasteiger partial charge in [-0.25, -0.2) is 0 Å². The third kappa shape index (κ3) is 3.14. The van der Waals surface area contributed by atoms with Gasteiger partial charge in [-0.2, -0.15) is 0 Å². The van der Waals surface area contributed by atoms with Crippen LogP contribution in [0.5, 0.6) is 5.75 Å². The smallest absolute Gasteiger partial charge is 0.290 e. The standard InChI is InChI=1S/C19H23NO5/c1-3-14(21)16-17(13-8-4-5-9-15(13)24-2)20(19(23)18(16)22)11-12-7-6-10-25-12/h4-5,8-9,12,17,22H,3,6-7,10-11H2,1-2H3. The molecular formula is C19H23NO5. The van der Waals surface area contributed by atoms with E-state index in [-0.39, 0.29) is 23.9 Å². The number of methoxy groups -OCH3 is 1. The number of para-hydroxylation sites is 1. The number of nitrogens with zero attached hydrogens (tertiary/aromatic N) is 1. The van der Waals surface area contributed by atoms with Gasteiger partial charge in [0.25, 0.3) is 5.91 Å². The summed E-state index contributed by atoms with van der Waals surface area (Å²) in [6, 6.07) is 6.61. The molecule has 3 rings (SSSR count). The Labute approximate surface area is 147 Å². The summed E-state index contributed by atoms with van der Waals surface area (Å²) >= 11 is 0. The van der Waals surface area contributed by atoms with Gasteiger partial charge in [0.1, 0.15) is 5.75 Å². The van der Waals surface area contributed by atoms with Crippen LogP contribution in [0.2, 0.25) is 0 Å². The Bertz CT molecular complexity index is 706. The molecular weight excluding hydrogens is 322 g/mol. The summed E-state index contributed by atoms with van der Waals surface area (Å²) in [6.07, 6.45) is 1.95. The Hall–Kier alpha value is -2.34. The van der Waals surface area contributed by atoms with E-state index < -0.39 is 17.7 Å². The van der Waals surface area contributed by atoms with Crippen LogP contribution in [0.3, 0.4) is 0 Å². The highest BCUT2D eigenvalue weighted by molar-refractivity contribution is 6.09. The molecule has 1 fully saturated rings. The number of aliphatic hydroxyl groups excluding tert-OH is 1. The van der Waals surface area contributed by atoms with E-state index in [2.05, 4.69) is 0 Å². The third-order valence-corrected chi connectivity index (χ3v) is 4.78. The van der Waals surface area contributed by atoms with Gasteiger partial charge >= 0.3 is 0 Å². The second-order valence-corrected chi connectivity index (χ2v) is 6.28. The highest BCUT2D eigenvalue weighted by Crippen LogP contribution is 2.42. The van der Waals surface area contributed by atoms with Crippen LogP contribution in [0.1, 0.15) is 37.8 Å². The minimum Gasteiger partial charge on any atom is -0.503 e. The van der Waals surface area contributed by atoms with Crippen molar-refractivity contribution in [1.29, 1.82) is 0 Å². The van der Waals surface area contributed by atoms with Gasteiger partial charge in [-0.15, -0.1) is 0 Å². The van der Waals surface area contributed by atoms with Crippen molar-refractivity contribution in [3.8, 4) is 5.75 Å². The van der Waals surface area contributed by atoms with Crippen molar-refractivity contribution < 1.29 is 24.2 Å². The van der Waals surface area contributed by atoms with Crippen LogP contribution >= 0.6 is 0 Å². The van der Waals surface area contributed by atoms with E-state index in [4.69, 9.17) is 9.47 Å². The first kappa shape index (κ1) is 17.5. The normalized spacial score (nSPS) is 23.4. The maximum absolute atomic E-state index is 12.7. The molecule has 1 aromatic rings. The maximum Gasteiger partial charge on any atom is 0.290 e. The van der Waals surface area contributed by atoms with Crippen molar-refractivity contribution in [1.82, 2.24) is 4.90 Å². The lowest BCUT2D eigenvalue weighted by atomic mass is 9.94. The van der Waals surface area contributed by atoms with E-state index in [9.17, 15) is 14.7 Å². The number of ether oxygens (including phenoxy) is 2. The monoisotopic (exact) mass is 345 g/mol. The van der Waals surface area contributed by atoms with E-state index in [0.29, 0.717) is 24.5 Å². The lowest BCUT2D eigenvalue weighted by Gasteiger charge is -2.29. The first-order chi connectivity index (χ1) is 12.1. The Morgan fingerprint density at radius 2 is 2.16 bits per heavy atom. The molecule has 0 spiro atoms. The molecule has 134 valence electrons. The van der Waals surface area contributed by atoms with Gasteiger partial charge in [0.05, 0.1) is 24.8 Å². The molecule has 1 N–H and O–H groups in total. The van der Waals surface area contributed by atoms with Gasteiger partial charge in [0.2, 0.25) is 0 Å². The summed E-state index contributed by atoms with van der Waals surface area (Å²) < 4.78 is 11.1. The van der Waals surface area contributed by atoms with E-state index in [1.165, 1.54) is 4.90 Å². The van der Waals surface area contributed by atoms with E-state index in [1.807, 2.05) is 18.2 Å². The van der Waals surface area contributed by atoms with Crippen LogP contribution < -0.4 is 4.74 Å². The average Bonchev–Trinajstić information content (AvgIpc) is 3.23. The third-order valence-electron chi connectivity index (χ3n) is 4.78. The zero-order chi connectivity index (χ0) is 18.0. The molecule has 2 unspecified atom stereocenters. The topological polar surface area (TPSA) is 76.1 Å². The number of aliphatic hydroxyl groups is 1. The fraction of sp³-hybridized carbons (Fsp3) is 0.474. The van der Waals surface area contributed by atoms with Crippen molar-refractivity contribution in [3.63, 3.8) is 0 Å². The summed E-state index contributed by atoms with van der Waals surface area (Å²) in [4.78, 5) is 26.7. The van der Waals surface area contributed by atoms with Crippen LogP contribution in [0.25, 0.3) is 0 Å². The quantitative estimate of drug-likeness (QED) is 0.857. The average molecular weight is 345 g/mol. The minimum absolute atomic E-state index is 0.0787. The number of amides is 1. The molecule has 0 saturated carbocycles. The molecule has 1 aromatic carbocycles. The van der Waals surface area contributed by atoms with E-state index >= 15 is 0 Å². The molecule has 1 amide bonds. The van der Waals surface area contributed by atoms with Crippen LogP contribution in [0.15, 0.2) is 35.6 Å². The largest absolute Gasteiger partial charge is 0.503 e. The summed E-state index contributed by atoms with van der Waals surface area (Å²) in [6.45, 7) is 2.73. The first-order valence-electron chi connectivity index (χ1n) is 8.60. The first-order valence-corrected chi connectivity index (χ1v) is 8.60. The van der Waals surface area contributed by atoms with Crippen molar-refractivity contribution in [2.45, 2.75) is 38.3 Å². The summed E-state index contributed by atoms with van der Waals surface area (Å²) in [5.74, 6) is -0.644. The predicted molar refractivity (Wildman–Crippen MR) is 91.4 cm³/mol. The number of ketones is 1.